The SMILES string of the molecule is COc1ccc(C(=O)N2CCC[C@H](C(=O)Nc3ccccc3)C2)c2ccccc12. The topological polar surface area (TPSA) is 58.6 Å². The fourth-order valence-electron chi connectivity index (χ4n) is 3.95. The Morgan fingerprint density at radius 2 is 1.69 bits per heavy atom. The van der Waals surface area contributed by atoms with Crippen molar-refractivity contribution in [2.45, 2.75) is 12.8 Å². The van der Waals surface area contributed by atoms with Crippen molar-refractivity contribution in [2.75, 3.05) is 25.5 Å². The Balaban J connectivity index is 1.54. The molecule has 3 aromatic carbocycles. The number of carbonyl (C=O) groups excluding carboxylic acids is 2. The number of piperidine rings is 1. The van der Waals surface area contributed by atoms with Crippen molar-refractivity contribution in [2.24, 2.45) is 5.92 Å². The van der Waals surface area contributed by atoms with Crippen molar-refractivity contribution >= 4 is 28.3 Å². The highest BCUT2D eigenvalue weighted by Gasteiger charge is 2.29. The van der Waals surface area contributed by atoms with Gasteiger partial charge in [0.05, 0.1) is 13.0 Å². The summed E-state index contributed by atoms with van der Waals surface area (Å²) in [6.45, 7) is 1.09. The number of rotatable bonds is 4. The molecule has 1 aliphatic rings. The zero-order valence-corrected chi connectivity index (χ0v) is 16.4. The lowest BCUT2D eigenvalue weighted by Gasteiger charge is -2.32. The van der Waals surface area contributed by atoms with Crippen molar-refractivity contribution < 1.29 is 14.3 Å². The van der Waals surface area contributed by atoms with Crippen molar-refractivity contribution in [1.82, 2.24) is 4.90 Å². The van der Waals surface area contributed by atoms with Gasteiger partial charge >= 0.3 is 0 Å². The van der Waals surface area contributed by atoms with E-state index in [1.165, 1.54) is 0 Å². The van der Waals surface area contributed by atoms with Crippen LogP contribution in [0.1, 0.15) is 23.2 Å². The quantitative estimate of drug-likeness (QED) is 0.723. The number of benzene rings is 3. The third-order valence-electron chi connectivity index (χ3n) is 5.46. The molecule has 3 aromatic rings. The first kappa shape index (κ1) is 19.0. The third kappa shape index (κ3) is 3.94. The predicted octanol–water partition coefficient (Wildman–Crippen LogP) is 4.34. The Bertz CT molecular complexity index is 1030. The number of carbonyl (C=O) groups is 2. The molecule has 1 atom stereocenters. The van der Waals surface area contributed by atoms with Crippen molar-refractivity contribution in [3.63, 3.8) is 0 Å². The molecule has 4 rings (SSSR count). The molecule has 29 heavy (non-hydrogen) atoms. The smallest absolute Gasteiger partial charge is 0.254 e. The summed E-state index contributed by atoms with van der Waals surface area (Å²) in [6, 6.07) is 20.8. The first-order valence-electron chi connectivity index (χ1n) is 9.88. The second kappa shape index (κ2) is 8.35. The van der Waals surface area contributed by atoms with E-state index in [1.54, 1.807) is 12.0 Å². The monoisotopic (exact) mass is 388 g/mol. The van der Waals surface area contributed by atoms with Gasteiger partial charge in [0.2, 0.25) is 5.91 Å². The number of likely N-dealkylation sites (tertiary alicyclic amines) is 1. The van der Waals surface area contributed by atoms with Crippen LogP contribution >= 0.6 is 0 Å². The molecule has 0 aromatic heterocycles. The van der Waals surface area contributed by atoms with E-state index in [2.05, 4.69) is 5.32 Å². The first-order chi connectivity index (χ1) is 14.2. The highest BCUT2D eigenvalue weighted by molar-refractivity contribution is 6.08. The molecule has 5 nitrogen and oxygen atoms in total. The fourth-order valence-corrected chi connectivity index (χ4v) is 3.95. The summed E-state index contributed by atoms with van der Waals surface area (Å²) in [4.78, 5) is 27.8. The van der Waals surface area contributed by atoms with Crippen LogP contribution in [-0.2, 0) is 4.79 Å². The maximum absolute atomic E-state index is 13.3. The zero-order chi connectivity index (χ0) is 20.2. The molecule has 2 amide bonds. The summed E-state index contributed by atoms with van der Waals surface area (Å²) in [7, 11) is 1.63. The van der Waals surface area contributed by atoms with Crippen LogP contribution in [0.4, 0.5) is 5.69 Å². The number of nitrogens with zero attached hydrogens (tertiary/aromatic N) is 1. The minimum atomic E-state index is -0.211. The Morgan fingerprint density at radius 1 is 0.966 bits per heavy atom. The van der Waals surface area contributed by atoms with Crippen LogP contribution in [-0.4, -0.2) is 36.9 Å². The van der Waals surface area contributed by atoms with Gasteiger partial charge in [-0.2, -0.15) is 0 Å². The number of fused-ring (bicyclic) bond motifs is 1. The molecule has 1 N–H and O–H groups in total. The first-order valence-corrected chi connectivity index (χ1v) is 9.88. The summed E-state index contributed by atoms with van der Waals surface area (Å²) >= 11 is 0. The van der Waals surface area contributed by atoms with Crippen molar-refractivity contribution in [3.8, 4) is 5.75 Å². The molecule has 148 valence electrons. The van der Waals surface area contributed by atoms with Gasteiger partial charge in [-0.15, -0.1) is 0 Å². The Morgan fingerprint density at radius 3 is 2.45 bits per heavy atom. The summed E-state index contributed by atoms with van der Waals surface area (Å²) in [6.07, 6.45) is 1.60. The molecule has 0 bridgehead atoms. The number of methoxy groups -OCH3 is 1. The number of hydrogen-bond acceptors (Lipinski definition) is 3. The number of nitrogens with one attached hydrogen (secondary N) is 1. The minimum absolute atomic E-state index is 0.0340. The summed E-state index contributed by atoms with van der Waals surface area (Å²) < 4.78 is 5.43. The molecule has 0 radical (unpaired) electrons. The van der Waals surface area contributed by atoms with Gasteiger partial charge in [0.1, 0.15) is 5.75 Å². The van der Waals surface area contributed by atoms with Gasteiger partial charge in [0.15, 0.2) is 0 Å². The third-order valence-corrected chi connectivity index (χ3v) is 5.46. The Hall–Kier alpha value is -3.34. The Labute approximate surface area is 170 Å². The molecular formula is C24H24N2O3. The molecule has 0 spiro atoms. The van der Waals surface area contributed by atoms with E-state index in [-0.39, 0.29) is 17.7 Å². The standard InChI is InChI=1S/C24H24N2O3/c1-29-22-14-13-21(19-11-5-6-12-20(19)22)24(28)26-15-7-8-17(16-26)23(27)25-18-9-3-2-4-10-18/h2-6,9-14,17H,7-8,15-16H2,1H3,(H,25,27)/t17-/m0/s1. The lowest BCUT2D eigenvalue weighted by atomic mass is 9.95. The maximum Gasteiger partial charge on any atom is 0.254 e. The van der Waals surface area contributed by atoms with Crippen molar-refractivity contribution in [3.05, 3.63) is 72.3 Å². The van der Waals surface area contributed by atoms with Gasteiger partial charge < -0.3 is 15.0 Å². The van der Waals surface area contributed by atoms with Crippen LogP contribution < -0.4 is 10.1 Å². The van der Waals surface area contributed by atoms with E-state index < -0.39 is 0 Å². The largest absolute Gasteiger partial charge is 0.496 e. The van der Waals surface area contributed by atoms with Crippen LogP contribution in [0.5, 0.6) is 5.75 Å². The molecule has 1 heterocycles. The van der Waals surface area contributed by atoms with Gasteiger partial charge in [-0.05, 0) is 42.5 Å². The van der Waals surface area contributed by atoms with Crippen LogP contribution in [0.25, 0.3) is 10.8 Å². The van der Waals surface area contributed by atoms with E-state index in [9.17, 15) is 9.59 Å². The molecular weight excluding hydrogens is 364 g/mol. The highest BCUT2D eigenvalue weighted by Crippen LogP contribution is 2.30. The lowest BCUT2D eigenvalue weighted by molar-refractivity contribution is -0.121. The normalized spacial score (nSPS) is 16.4. The van der Waals surface area contributed by atoms with Crippen LogP contribution in [0.3, 0.4) is 0 Å². The maximum atomic E-state index is 13.3. The number of para-hydroxylation sites is 1. The Kier molecular flexibility index (Phi) is 5.47. The van der Waals surface area contributed by atoms with Gasteiger partial charge in [-0.3, -0.25) is 9.59 Å². The van der Waals surface area contributed by atoms with E-state index in [1.807, 2.05) is 66.7 Å². The molecule has 1 saturated heterocycles. The average Bonchev–Trinajstić information content (AvgIpc) is 2.78. The number of ether oxygens (including phenoxy) is 1. The lowest BCUT2D eigenvalue weighted by Crippen LogP contribution is -2.43. The highest BCUT2D eigenvalue weighted by atomic mass is 16.5. The van der Waals surface area contributed by atoms with Gasteiger partial charge in [0.25, 0.3) is 5.91 Å². The van der Waals surface area contributed by atoms with Crippen LogP contribution in [0.15, 0.2) is 66.7 Å². The van der Waals surface area contributed by atoms with Gasteiger partial charge in [0, 0.05) is 29.7 Å². The fraction of sp³-hybridized carbons (Fsp3) is 0.250. The number of anilines is 1. The molecule has 0 unspecified atom stereocenters. The van der Waals surface area contributed by atoms with E-state index in [4.69, 9.17) is 4.74 Å². The zero-order valence-electron chi connectivity index (χ0n) is 16.4. The van der Waals surface area contributed by atoms with Crippen molar-refractivity contribution in [1.29, 1.82) is 0 Å². The van der Waals surface area contributed by atoms with E-state index >= 15 is 0 Å². The molecule has 1 fully saturated rings. The summed E-state index contributed by atoms with van der Waals surface area (Å²) in [5, 5.41) is 4.74. The van der Waals surface area contributed by atoms with Crippen LogP contribution in [0.2, 0.25) is 0 Å². The molecule has 0 saturated carbocycles. The number of hydrogen-bond donors (Lipinski definition) is 1. The second-order valence-electron chi connectivity index (χ2n) is 7.31. The van der Waals surface area contributed by atoms with E-state index in [0.717, 1.165) is 35.1 Å². The molecule has 5 heteroatoms. The summed E-state index contributed by atoms with van der Waals surface area (Å²) in [5.74, 6) is 0.461. The second-order valence-corrected chi connectivity index (χ2v) is 7.31. The average molecular weight is 388 g/mol. The summed E-state index contributed by atoms with van der Waals surface area (Å²) in [5.41, 5.74) is 1.42. The predicted molar refractivity (Wildman–Crippen MR) is 114 cm³/mol. The minimum Gasteiger partial charge on any atom is -0.496 e. The van der Waals surface area contributed by atoms with Gasteiger partial charge in [-0.1, -0.05) is 42.5 Å². The molecule has 1 aliphatic heterocycles. The molecule has 0 aliphatic carbocycles. The van der Waals surface area contributed by atoms with E-state index in [0.29, 0.717) is 18.7 Å². The van der Waals surface area contributed by atoms with Gasteiger partial charge in [-0.25, -0.2) is 0 Å². The number of amides is 2. The van der Waals surface area contributed by atoms with Crippen LogP contribution in [0, 0.1) is 5.92 Å².